The van der Waals surface area contributed by atoms with Crippen molar-refractivity contribution in [2.75, 3.05) is 26.1 Å². The standard InChI is InChI=1S/C17H19ClN2O3/c1-22-14-7-8-16(23-2)15(9-14)19-11-17(21)20-10-12-3-5-13(18)6-4-12/h3-9,19H,10-11H2,1-2H3,(H,20,21). The molecule has 6 heteroatoms. The summed E-state index contributed by atoms with van der Waals surface area (Å²) in [6.07, 6.45) is 0. The molecule has 0 atom stereocenters. The molecule has 2 aromatic rings. The number of hydrogen-bond donors (Lipinski definition) is 2. The van der Waals surface area contributed by atoms with Crippen LogP contribution < -0.4 is 20.1 Å². The van der Waals surface area contributed by atoms with E-state index in [4.69, 9.17) is 21.1 Å². The molecule has 0 fully saturated rings. The van der Waals surface area contributed by atoms with E-state index in [1.54, 1.807) is 44.6 Å². The molecule has 5 nitrogen and oxygen atoms in total. The second-order valence-electron chi connectivity index (χ2n) is 4.82. The summed E-state index contributed by atoms with van der Waals surface area (Å²) in [6, 6.07) is 12.7. The first kappa shape index (κ1) is 17.0. The Kier molecular flexibility index (Phi) is 6.11. The SMILES string of the molecule is COc1ccc(OC)c(NCC(=O)NCc2ccc(Cl)cc2)c1. The second-order valence-corrected chi connectivity index (χ2v) is 5.26. The average Bonchev–Trinajstić information content (AvgIpc) is 2.59. The molecule has 0 unspecified atom stereocenters. The van der Waals surface area contributed by atoms with Crippen LogP contribution in [0.15, 0.2) is 42.5 Å². The Morgan fingerprint density at radius 3 is 2.48 bits per heavy atom. The van der Waals surface area contributed by atoms with Gasteiger partial charge in [0, 0.05) is 17.6 Å². The van der Waals surface area contributed by atoms with Crippen molar-refractivity contribution in [1.82, 2.24) is 5.32 Å². The lowest BCUT2D eigenvalue weighted by Crippen LogP contribution is -2.29. The maximum atomic E-state index is 11.9. The fourth-order valence-corrected chi connectivity index (χ4v) is 2.12. The third kappa shape index (κ3) is 5.07. The molecule has 0 spiro atoms. The molecule has 23 heavy (non-hydrogen) atoms. The lowest BCUT2D eigenvalue weighted by molar-refractivity contribution is -0.119. The Hall–Kier alpha value is -2.40. The molecule has 0 aliphatic heterocycles. The molecular formula is C17H19ClN2O3. The summed E-state index contributed by atoms with van der Waals surface area (Å²) in [5.41, 5.74) is 1.69. The fraction of sp³-hybridized carbons (Fsp3) is 0.235. The fourth-order valence-electron chi connectivity index (χ4n) is 1.99. The Balaban J connectivity index is 1.87. The number of nitrogens with one attached hydrogen (secondary N) is 2. The third-order valence-corrected chi connectivity index (χ3v) is 3.50. The van der Waals surface area contributed by atoms with Gasteiger partial charge in [0.2, 0.25) is 5.91 Å². The highest BCUT2D eigenvalue weighted by Gasteiger charge is 2.07. The van der Waals surface area contributed by atoms with E-state index in [0.717, 1.165) is 5.56 Å². The number of carbonyl (C=O) groups is 1. The Bertz CT molecular complexity index is 659. The minimum absolute atomic E-state index is 0.121. The van der Waals surface area contributed by atoms with E-state index in [0.29, 0.717) is 28.8 Å². The van der Waals surface area contributed by atoms with Crippen molar-refractivity contribution in [2.45, 2.75) is 6.54 Å². The number of carbonyl (C=O) groups excluding carboxylic acids is 1. The number of hydrogen-bond acceptors (Lipinski definition) is 4. The van der Waals surface area contributed by atoms with E-state index >= 15 is 0 Å². The van der Waals surface area contributed by atoms with Gasteiger partial charge in [-0.1, -0.05) is 23.7 Å². The van der Waals surface area contributed by atoms with E-state index in [2.05, 4.69) is 10.6 Å². The van der Waals surface area contributed by atoms with Crippen molar-refractivity contribution in [1.29, 1.82) is 0 Å². The van der Waals surface area contributed by atoms with Gasteiger partial charge in [0.15, 0.2) is 0 Å². The predicted octanol–water partition coefficient (Wildman–Crippen LogP) is 3.09. The first-order chi connectivity index (χ1) is 11.1. The van der Waals surface area contributed by atoms with Gasteiger partial charge in [-0.3, -0.25) is 4.79 Å². The topological polar surface area (TPSA) is 59.6 Å². The summed E-state index contributed by atoms with van der Waals surface area (Å²) in [6.45, 7) is 0.587. The van der Waals surface area contributed by atoms with Gasteiger partial charge in [0.05, 0.1) is 26.5 Å². The van der Waals surface area contributed by atoms with E-state index in [1.807, 2.05) is 12.1 Å². The van der Waals surface area contributed by atoms with Gasteiger partial charge >= 0.3 is 0 Å². The van der Waals surface area contributed by atoms with E-state index in [1.165, 1.54) is 0 Å². The van der Waals surface area contributed by atoms with Crippen LogP contribution in [0.2, 0.25) is 5.02 Å². The van der Waals surface area contributed by atoms with Crippen LogP contribution in [0, 0.1) is 0 Å². The summed E-state index contributed by atoms with van der Waals surface area (Å²) < 4.78 is 10.4. The van der Waals surface area contributed by atoms with Crippen molar-refractivity contribution in [3.8, 4) is 11.5 Å². The van der Waals surface area contributed by atoms with Crippen LogP contribution in [-0.2, 0) is 11.3 Å². The van der Waals surface area contributed by atoms with Crippen LogP contribution in [0.5, 0.6) is 11.5 Å². The zero-order valence-corrected chi connectivity index (χ0v) is 13.8. The molecule has 2 N–H and O–H groups in total. The highest BCUT2D eigenvalue weighted by molar-refractivity contribution is 6.30. The van der Waals surface area contributed by atoms with Crippen LogP contribution in [0.3, 0.4) is 0 Å². The highest BCUT2D eigenvalue weighted by Crippen LogP contribution is 2.28. The highest BCUT2D eigenvalue weighted by atomic mass is 35.5. The lowest BCUT2D eigenvalue weighted by atomic mass is 10.2. The maximum absolute atomic E-state index is 11.9. The summed E-state index contributed by atoms with van der Waals surface area (Å²) in [7, 11) is 3.16. The smallest absolute Gasteiger partial charge is 0.239 e. The van der Waals surface area contributed by atoms with Crippen LogP contribution in [0.25, 0.3) is 0 Å². The van der Waals surface area contributed by atoms with Gasteiger partial charge < -0.3 is 20.1 Å². The van der Waals surface area contributed by atoms with E-state index < -0.39 is 0 Å². The number of amides is 1. The molecular weight excluding hydrogens is 316 g/mol. The summed E-state index contributed by atoms with van der Waals surface area (Å²) >= 11 is 5.83. The van der Waals surface area contributed by atoms with Crippen molar-refractivity contribution in [3.63, 3.8) is 0 Å². The van der Waals surface area contributed by atoms with E-state index in [9.17, 15) is 4.79 Å². The lowest BCUT2D eigenvalue weighted by Gasteiger charge is -2.12. The summed E-state index contributed by atoms with van der Waals surface area (Å²) in [5, 5.41) is 6.56. The third-order valence-electron chi connectivity index (χ3n) is 3.25. The molecule has 2 rings (SSSR count). The first-order valence-corrected chi connectivity index (χ1v) is 7.47. The molecule has 0 heterocycles. The monoisotopic (exact) mass is 334 g/mol. The number of methoxy groups -OCH3 is 2. The Morgan fingerprint density at radius 1 is 1.09 bits per heavy atom. The maximum Gasteiger partial charge on any atom is 0.239 e. The molecule has 0 aromatic heterocycles. The number of anilines is 1. The van der Waals surface area contributed by atoms with Crippen LogP contribution in [-0.4, -0.2) is 26.7 Å². The minimum Gasteiger partial charge on any atom is -0.497 e. The molecule has 122 valence electrons. The van der Waals surface area contributed by atoms with Gasteiger partial charge in [-0.05, 0) is 29.8 Å². The minimum atomic E-state index is -0.121. The molecule has 0 saturated carbocycles. The molecule has 0 radical (unpaired) electrons. The van der Waals surface area contributed by atoms with E-state index in [-0.39, 0.29) is 12.5 Å². The number of rotatable bonds is 7. The van der Waals surface area contributed by atoms with Gasteiger partial charge in [-0.25, -0.2) is 0 Å². The van der Waals surface area contributed by atoms with Crippen molar-refractivity contribution < 1.29 is 14.3 Å². The molecule has 0 bridgehead atoms. The van der Waals surface area contributed by atoms with Gasteiger partial charge in [0.25, 0.3) is 0 Å². The number of halogens is 1. The average molecular weight is 335 g/mol. The molecule has 0 aliphatic rings. The zero-order valence-electron chi connectivity index (χ0n) is 13.1. The van der Waals surface area contributed by atoms with Crippen molar-refractivity contribution in [2.24, 2.45) is 0 Å². The number of ether oxygens (including phenoxy) is 2. The van der Waals surface area contributed by atoms with Gasteiger partial charge in [-0.2, -0.15) is 0 Å². The van der Waals surface area contributed by atoms with Crippen molar-refractivity contribution >= 4 is 23.2 Å². The zero-order chi connectivity index (χ0) is 16.7. The molecule has 1 amide bonds. The van der Waals surface area contributed by atoms with Gasteiger partial charge in [0.1, 0.15) is 11.5 Å². The first-order valence-electron chi connectivity index (χ1n) is 7.09. The Morgan fingerprint density at radius 2 is 1.83 bits per heavy atom. The quantitative estimate of drug-likeness (QED) is 0.817. The normalized spacial score (nSPS) is 10.0. The summed E-state index contributed by atoms with van der Waals surface area (Å²) in [4.78, 5) is 11.9. The largest absolute Gasteiger partial charge is 0.497 e. The van der Waals surface area contributed by atoms with Crippen LogP contribution in [0.1, 0.15) is 5.56 Å². The number of benzene rings is 2. The second kappa shape index (κ2) is 8.29. The van der Waals surface area contributed by atoms with Gasteiger partial charge in [-0.15, -0.1) is 0 Å². The Labute approximate surface area is 140 Å². The molecule has 2 aromatic carbocycles. The predicted molar refractivity (Wildman–Crippen MR) is 91.3 cm³/mol. The van der Waals surface area contributed by atoms with Crippen molar-refractivity contribution in [3.05, 3.63) is 53.1 Å². The summed E-state index contributed by atoms with van der Waals surface area (Å²) in [5.74, 6) is 1.22. The van der Waals surface area contributed by atoms with Crippen LogP contribution >= 0.6 is 11.6 Å². The molecule has 0 saturated heterocycles. The molecule has 0 aliphatic carbocycles. The van der Waals surface area contributed by atoms with Crippen LogP contribution in [0.4, 0.5) is 5.69 Å².